The number of anilines is 4. The summed E-state index contributed by atoms with van der Waals surface area (Å²) >= 11 is 25.5. The van der Waals surface area contributed by atoms with Crippen LogP contribution in [0, 0.1) is 0 Å². The molecule has 0 atom stereocenters. The molecule has 4 heterocycles. The van der Waals surface area contributed by atoms with Crippen LogP contribution in [0.5, 0.6) is 0 Å². The van der Waals surface area contributed by atoms with Crippen LogP contribution in [0.4, 0.5) is 28.3 Å². The SMILES string of the molecule is CCN(CC)CCNc1ncc2cc(-c3c(Cl)cccc3Cl)c(N)nc2n1.CCNC(=O)Nc1nc2nc(NCCN(CC)CC)ncc2cc1-c1c(Cl)cccc1Cl. The molecular weight excluding hydrogens is 832 g/mol. The van der Waals surface area contributed by atoms with E-state index in [1.807, 2.05) is 19.1 Å². The highest BCUT2D eigenvalue weighted by Gasteiger charge is 2.19. The van der Waals surface area contributed by atoms with Crippen molar-refractivity contribution >= 4 is 98.0 Å². The van der Waals surface area contributed by atoms with E-state index in [9.17, 15) is 4.79 Å². The summed E-state index contributed by atoms with van der Waals surface area (Å²) < 4.78 is 0. The van der Waals surface area contributed by atoms with Gasteiger partial charge in [0.05, 0.1) is 20.1 Å². The van der Waals surface area contributed by atoms with E-state index in [-0.39, 0.29) is 6.03 Å². The summed E-state index contributed by atoms with van der Waals surface area (Å²) in [5.74, 6) is 1.64. The molecule has 0 bridgehead atoms. The summed E-state index contributed by atoms with van der Waals surface area (Å²) in [7, 11) is 0. The summed E-state index contributed by atoms with van der Waals surface area (Å²) in [5, 5.41) is 15.4. The van der Waals surface area contributed by atoms with Crippen molar-refractivity contribution in [2.75, 3.05) is 80.6 Å². The van der Waals surface area contributed by atoms with Gasteiger partial charge < -0.3 is 31.5 Å². The van der Waals surface area contributed by atoms with Crippen LogP contribution in [-0.4, -0.2) is 105 Å². The third kappa shape index (κ3) is 11.9. The maximum atomic E-state index is 12.3. The molecule has 6 N–H and O–H groups in total. The van der Waals surface area contributed by atoms with Crippen molar-refractivity contribution in [3.05, 3.63) is 81.0 Å². The zero-order valence-electron chi connectivity index (χ0n) is 33.7. The molecular formula is C41H49Cl4N13O. The summed E-state index contributed by atoms with van der Waals surface area (Å²) in [6.45, 7) is 18.2. The van der Waals surface area contributed by atoms with Gasteiger partial charge in [0, 0.05) is 78.1 Å². The lowest BCUT2D eigenvalue weighted by molar-refractivity contribution is 0.252. The molecule has 4 aromatic heterocycles. The minimum absolute atomic E-state index is 0.311. The van der Waals surface area contributed by atoms with Gasteiger partial charge in [-0.2, -0.15) is 9.97 Å². The van der Waals surface area contributed by atoms with Gasteiger partial charge >= 0.3 is 6.03 Å². The van der Waals surface area contributed by atoms with Crippen LogP contribution in [0.1, 0.15) is 34.6 Å². The van der Waals surface area contributed by atoms with E-state index in [0.717, 1.165) is 51.2 Å². The number of aromatic nitrogens is 6. The van der Waals surface area contributed by atoms with Crippen molar-refractivity contribution in [3.8, 4) is 22.3 Å². The van der Waals surface area contributed by atoms with E-state index in [1.54, 1.807) is 48.8 Å². The standard InChI is InChI=1S/C22H27Cl2N7O.C19H22Cl2N6/c1-4-25-22(32)30-20-15(18-16(23)8-7-9-17(18)24)12-14-13-27-21(29-19(14)28-20)26-10-11-31(5-2)6-3;1-3-27(4-2)9-8-23-19-24-11-12-10-13(17(22)25-18(12)26-19)16-14(20)6-5-7-15(16)21/h7-9,12-13H,4-6,10-11H2,1-3H3,(H3,25,26,27,28,29,30,32);5-7,10-11H,3-4,8-9H2,1-2H3,(H3,22,23,24,25,26). The van der Waals surface area contributed by atoms with Crippen molar-refractivity contribution in [1.82, 2.24) is 45.0 Å². The number of pyridine rings is 2. The Morgan fingerprint density at radius 3 is 1.54 bits per heavy atom. The molecule has 6 aromatic rings. The van der Waals surface area contributed by atoms with Crippen LogP contribution in [0.25, 0.3) is 44.3 Å². The van der Waals surface area contributed by atoms with Gasteiger partial charge in [0.2, 0.25) is 11.9 Å². The van der Waals surface area contributed by atoms with E-state index in [4.69, 9.17) is 52.1 Å². The van der Waals surface area contributed by atoms with Crippen LogP contribution in [0.15, 0.2) is 60.9 Å². The first kappa shape index (κ1) is 45.3. The second-order valence-corrected chi connectivity index (χ2v) is 14.7. The highest BCUT2D eigenvalue weighted by Crippen LogP contribution is 2.40. The number of halogens is 4. The molecule has 14 nitrogen and oxygen atoms in total. The number of rotatable bonds is 16. The predicted molar refractivity (Wildman–Crippen MR) is 245 cm³/mol. The Morgan fingerprint density at radius 2 is 1.08 bits per heavy atom. The molecule has 6 rings (SSSR count). The lowest BCUT2D eigenvalue weighted by Crippen LogP contribution is -2.29. The number of hydrogen-bond acceptors (Lipinski definition) is 12. The number of likely N-dealkylation sites (N-methyl/N-ethyl adjacent to an activating group) is 2. The van der Waals surface area contributed by atoms with E-state index in [1.165, 1.54) is 0 Å². The third-order valence-electron chi connectivity index (χ3n) is 9.41. The molecule has 2 amide bonds. The summed E-state index contributed by atoms with van der Waals surface area (Å²) in [6.07, 6.45) is 3.42. The van der Waals surface area contributed by atoms with Crippen LogP contribution >= 0.6 is 46.4 Å². The molecule has 0 saturated heterocycles. The second-order valence-electron chi connectivity index (χ2n) is 13.1. The highest BCUT2D eigenvalue weighted by atomic mass is 35.5. The molecule has 0 fully saturated rings. The van der Waals surface area contributed by atoms with Crippen molar-refractivity contribution in [3.63, 3.8) is 0 Å². The Labute approximate surface area is 364 Å². The number of urea groups is 1. The van der Waals surface area contributed by atoms with Crippen LogP contribution in [0.2, 0.25) is 20.1 Å². The van der Waals surface area contributed by atoms with Gasteiger partial charge in [0.25, 0.3) is 0 Å². The van der Waals surface area contributed by atoms with E-state index in [2.05, 4.69) is 88.7 Å². The second kappa shape index (κ2) is 22.0. The fourth-order valence-electron chi connectivity index (χ4n) is 6.15. The zero-order chi connectivity index (χ0) is 42.5. The first-order valence-electron chi connectivity index (χ1n) is 19.5. The third-order valence-corrected chi connectivity index (χ3v) is 10.7. The minimum atomic E-state index is -0.379. The summed E-state index contributed by atoms with van der Waals surface area (Å²) in [6, 6.07) is 13.9. The maximum Gasteiger partial charge on any atom is 0.320 e. The summed E-state index contributed by atoms with van der Waals surface area (Å²) in [4.78, 5) is 43.7. The number of nitrogens with one attached hydrogen (secondary N) is 4. The van der Waals surface area contributed by atoms with Gasteiger partial charge in [0.1, 0.15) is 11.6 Å². The first-order chi connectivity index (χ1) is 28.5. The normalized spacial score (nSPS) is 11.2. The lowest BCUT2D eigenvalue weighted by Gasteiger charge is -2.18. The lowest BCUT2D eigenvalue weighted by atomic mass is 10.0. The molecule has 0 spiro atoms. The number of nitrogen functional groups attached to an aromatic ring is 1. The Kier molecular flexibility index (Phi) is 16.8. The molecule has 0 aliphatic carbocycles. The van der Waals surface area contributed by atoms with Gasteiger partial charge in [0.15, 0.2) is 11.3 Å². The number of nitrogens with zero attached hydrogens (tertiary/aromatic N) is 8. The Hall–Kier alpha value is -4.83. The van der Waals surface area contributed by atoms with Crippen LogP contribution in [-0.2, 0) is 0 Å². The van der Waals surface area contributed by atoms with Crippen LogP contribution in [0.3, 0.4) is 0 Å². The Bertz CT molecular complexity index is 2320. The predicted octanol–water partition coefficient (Wildman–Crippen LogP) is 9.23. The maximum absolute atomic E-state index is 12.3. The number of fused-ring (bicyclic) bond motifs is 2. The molecule has 0 aliphatic rings. The van der Waals surface area contributed by atoms with Gasteiger partial charge in [-0.15, -0.1) is 0 Å². The highest BCUT2D eigenvalue weighted by molar-refractivity contribution is 6.40. The number of amides is 2. The van der Waals surface area contributed by atoms with E-state index in [0.29, 0.717) is 95.6 Å². The molecule has 0 aliphatic heterocycles. The molecule has 0 unspecified atom stereocenters. The topological polar surface area (TPSA) is 175 Å². The van der Waals surface area contributed by atoms with Gasteiger partial charge in [-0.1, -0.05) is 86.2 Å². The van der Waals surface area contributed by atoms with Crippen LogP contribution < -0.4 is 27.0 Å². The molecule has 0 saturated carbocycles. The quantitative estimate of drug-likeness (QED) is 0.0624. The molecule has 18 heteroatoms. The number of benzene rings is 2. The minimum Gasteiger partial charge on any atom is -0.383 e. The summed E-state index contributed by atoms with van der Waals surface area (Å²) in [5.41, 5.74) is 9.64. The number of nitrogens with two attached hydrogens (primary N) is 1. The molecule has 312 valence electrons. The van der Waals surface area contributed by atoms with Gasteiger partial charge in [-0.25, -0.2) is 24.7 Å². The fourth-order valence-corrected chi connectivity index (χ4v) is 7.35. The van der Waals surface area contributed by atoms with Crippen molar-refractivity contribution in [1.29, 1.82) is 0 Å². The number of carbonyl (C=O) groups is 1. The van der Waals surface area contributed by atoms with Gasteiger partial charge in [-0.3, -0.25) is 5.32 Å². The average Bonchev–Trinajstić information content (AvgIpc) is 3.21. The van der Waals surface area contributed by atoms with E-state index >= 15 is 0 Å². The molecule has 2 aromatic carbocycles. The molecule has 59 heavy (non-hydrogen) atoms. The molecule has 0 radical (unpaired) electrons. The smallest absolute Gasteiger partial charge is 0.320 e. The van der Waals surface area contributed by atoms with Gasteiger partial charge in [-0.05, 0) is 69.5 Å². The monoisotopic (exact) mass is 879 g/mol. The van der Waals surface area contributed by atoms with Crippen molar-refractivity contribution < 1.29 is 4.79 Å². The zero-order valence-corrected chi connectivity index (χ0v) is 36.7. The first-order valence-corrected chi connectivity index (χ1v) is 21.0. The van der Waals surface area contributed by atoms with Crippen molar-refractivity contribution in [2.24, 2.45) is 0 Å². The Morgan fingerprint density at radius 1 is 0.644 bits per heavy atom. The average molecular weight is 882 g/mol. The largest absolute Gasteiger partial charge is 0.383 e. The fraction of sp³-hybridized carbons (Fsp3) is 0.341. The number of carbonyl (C=O) groups excluding carboxylic acids is 1. The van der Waals surface area contributed by atoms with Crippen molar-refractivity contribution in [2.45, 2.75) is 34.6 Å². The Balaban J connectivity index is 0.000000227. The number of hydrogen-bond donors (Lipinski definition) is 5. The van der Waals surface area contributed by atoms with E-state index < -0.39 is 0 Å².